The fraction of sp³-hybridized carbons (Fsp3) is 0.417. The van der Waals surface area contributed by atoms with Gasteiger partial charge in [0.1, 0.15) is 23.8 Å². The van der Waals surface area contributed by atoms with Gasteiger partial charge < -0.3 is 20.3 Å². The number of carbonyl (C=O) groups excluding carboxylic acids is 1. The maximum atomic E-state index is 12.9. The fourth-order valence-electron chi connectivity index (χ4n) is 1.65. The van der Waals surface area contributed by atoms with Crippen LogP contribution in [0.1, 0.15) is 18.4 Å². The van der Waals surface area contributed by atoms with Crippen LogP contribution in [0.3, 0.4) is 0 Å². The van der Waals surface area contributed by atoms with Crippen LogP contribution in [0, 0.1) is 5.82 Å². The van der Waals surface area contributed by atoms with Crippen molar-refractivity contribution in [1.29, 1.82) is 0 Å². The molecule has 6 heteroatoms. The molecule has 2 rings (SSSR count). The second-order valence-electron chi connectivity index (χ2n) is 4.30. The Morgan fingerprint density at radius 3 is 2.78 bits per heavy atom. The second-order valence-corrected chi connectivity index (χ2v) is 4.30. The highest BCUT2D eigenvalue weighted by molar-refractivity contribution is 5.65. The van der Waals surface area contributed by atoms with Crippen molar-refractivity contribution in [3.05, 3.63) is 29.6 Å². The first kappa shape index (κ1) is 12.6. The van der Waals surface area contributed by atoms with Gasteiger partial charge in [-0.05, 0) is 31.0 Å². The van der Waals surface area contributed by atoms with Gasteiger partial charge in [0.15, 0.2) is 0 Å². The van der Waals surface area contributed by atoms with Gasteiger partial charge in [-0.1, -0.05) is 0 Å². The number of aliphatic hydroxyl groups excluding tert-OH is 1. The number of primary amides is 1. The third-order valence-electron chi connectivity index (χ3n) is 2.81. The Morgan fingerprint density at radius 1 is 1.50 bits per heavy atom. The number of aliphatic hydroxyl groups is 1. The van der Waals surface area contributed by atoms with Crippen molar-refractivity contribution in [3.8, 4) is 5.75 Å². The van der Waals surface area contributed by atoms with Gasteiger partial charge in [-0.25, -0.2) is 9.18 Å². The molecule has 1 amide bonds. The van der Waals surface area contributed by atoms with Gasteiger partial charge in [-0.15, -0.1) is 0 Å². The molecule has 18 heavy (non-hydrogen) atoms. The molecule has 0 saturated heterocycles. The second kappa shape index (κ2) is 4.81. The number of ether oxygens (including phenoxy) is 2. The van der Waals surface area contributed by atoms with Crippen molar-refractivity contribution < 1.29 is 23.8 Å². The molecule has 1 fully saturated rings. The zero-order valence-corrected chi connectivity index (χ0v) is 9.69. The van der Waals surface area contributed by atoms with Gasteiger partial charge in [0.05, 0.1) is 6.61 Å². The normalized spacial score (nSPS) is 16.1. The largest absolute Gasteiger partial charge is 0.489 e. The molecule has 0 unspecified atom stereocenters. The summed E-state index contributed by atoms with van der Waals surface area (Å²) in [5.41, 5.74) is 4.65. The average molecular weight is 255 g/mol. The van der Waals surface area contributed by atoms with E-state index in [1.165, 1.54) is 18.2 Å². The smallest absolute Gasteiger partial charge is 0.405 e. The minimum Gasteiger partial charge on any atom is -0.489 e. The van der Waals surface area contributed by atoms with Gasteiger partial charge in [0.25, 0.3) is 0 Å². The van der Waals surface area contributed by atoms with E-state index in [0.717, 1.165) is 0 Å². The molecule has 1 aliphatic rings. The summed E-state index contributed by atoms with van der Waals surface area (Å²) in [6.45, 7) is -0.175. The van der Waals surface area contributed by atoms with Crippen molar-refractivity contribution in [2.24, 2.45) is 5.73 Å². The highest BCUT2D eigenvalue weighted by atomic mass is 19.1. The summed E-state index contributed by atoms with van der Waals surface area (Å²) in [7, 11) is 0. The summed E-state index contributed by atoms with van der Waals surface area (Å²) in [6.07, 6.45) is 0.537. The van der Waals surface area contributed by atoms with E-state index in [0.29, 0.717) is 24.2 Å². The van der Waals surface area contributed by atoms with E-state index < -0.39 is 17.5 Å². The molecule has 0 radical (unpaired) electrons. The van der Waals surface area contributed by atoms with Crippen LogP contribution >= 0.6 is 0 Å². The summed E-state index contributed by atoms with van der Waals surface area (Å²) in [5, 5.41) is 9.08. The van der Waals surface area contributed by atoms with Crippen LogP contribution in [0.4, 0.5) is 9.18 Å². The van der Waals surface area contributed by atoms with E-state index in [-0.39, 0.29) is 13.2 Å². The lowest BCUT2D eigenvalue weighted by Crippen LogP contribution is -2.29. The maximum absolute atomic E-state index is 12.9. The van der Waals surface area contributed by atoms with Gasteiger partial charge in [-0.2, -0.15) is 0 Å². The molecular weight excluding hydrogens is 241 g/mol. The maximum Gasteiger partial charge on any atom is 0.405 e. The van der Waals surface area contributed by atoms with Gasteiger partial charge >= 0.3 is 6.09 Å². The lowest BCUT2D eigenvalue weighted by Gasteiger charge is -2.17. The molecule has 1 aliphatic carbocycles. The van der Waals surface area contributed by atoms with Crippen LogP contribution in [0.25, 0.3) is 0 Å². The standard InChI is InChI=1S/C12H14FNO4/c13-9-1-2-10(8(5-9)6-15)17-7-12(3-4-12)18-11(14)16/h1-2,5,15H,3-4,6-7H2,(H2,14,16). The van der Waals surface area contributed by atoms with Crippen LogP contribution in [0.15, 0.2) is 18.2 Å². The minimum atomic E-state index is -0.836. The van der Waals surface area contributed by atoms with Crippen molar-refractivity contribution in [2.75, 3.05) is 6.61 Å². The zero-order chi connectivity index (χ0) is 13.2. The number of hydrogen-bond acceptors (Lipinski definition) is 4. The molecule has 0 aliphatic heterocycles. The molecule has 0 heterocycles. The topological polar surface area (TPSA) is 81.8 Å². The lowest BCUT2D eigenvalue weighted by atomic mass is 10.2. The quantitative estimate of drug-likeness (QED) is 0.831. The number of hydrogen-bond donors (Lipinski definition) is 2. The lowest BCUT2D eigenvalue weighted by molar-refractivity contribution is 0.0538. The van der Waals surface area contributed by atoms with Gasteiger partial charge in [0.2, 0.25) is 0 Å². The van der Waals surface area contributed by atoms with Crippen LogP contribution < -0.4 is 10.5 Å². The van der Waals surface area contributed by atoms with Crippen molar-refractivity contribution in [2.45, 2.75) is 25.0 Å². The minimum absolute atomic E-state index is 0.147. The Kier molecular flexibility index (Phi) is 3.38. The predicted molar refractivity (Wildman–Crippen MR) is 60.5 cm³/mol. The number of carbonyl (C=O) groups is 1. The van der Waals surface area contributed by atoms with Gasteiger partial charge in [0, 0.05) is 5.56 Å². The van der Waals surface area contributed by atoms with E-state index in [9.17, 15) is 9.18 Å². The first-order chi connectivity index (χ1) is 8.54. The van der Waals surface area contributed by atoms with E-state index in [4.69, 9.17) is 20.3 Å². The monoisotopic (exact) mass is 255 g/mol. The summed E-state index contributed by atoms with van der Waals surface area (Å²) >= 11 is 0. The molecule has 98 valence electrons. The molecule has 5 nitrogen and oxygen atoms in total. The highest BCUT2D eigenvalue weighted by Gasteiger charge is 2.47. The Hall–Kier alpha value is -1.82. The summed E-state index contributed by atoms with van der Waals surface area (Å²) in [4.78, 5) is 10.7. The number of nitrogens with two attached hydrogens (primary N) is 1. The summed E-state index contributed by atoms with van der Waals surface area (Å²) in [5.74, 6) is -0.0702. The average Bonchev–Trinajstić information content (AvgIpc) is 3.06. The number of benzene rings is 1. The third-order valence-corrected chi connectivity index (χ3v) is 2.81. The Balaban J connectivity index is 2.00. The fourth-order valence-corrected chi connectivity index (χ4v) is 1.65. The zero-order valence-electron chi connectivity index (χ0n) is 9.69. The third kappa shape index (κ3) is 2.89. The van der Waals surface area contributed by atoms with E-state index in [1.807, 2.05) is 0 Å². The molecule has 0 bridgehead atoms. The highest BCUT2D eigenvalue weighted by Crippen LogP contribution is 2.40. The van der Waals surface area contributed by atoms with Crippen molar-refractivity contribution in [1.82, 2.24) is 0 Å². The molecule has 0 spiro atoms. The first-order valence-corrected chi connectivity index (χ1v) is 5.55. The Labute approximate surface area is 103 Å². The van der Waals surface area contributed by atoms with E-state index in [1.54, 1.807) is 0 Å². The van der Waals surface area contributed by atoms with Crippen molar-refractivity contribution >= 4 is 6.09 Å². The van der Waals surface area contributed by atoms with Crippen LogP contribution in [0.5, 0.6) is 5.75 Å². The number of halogens is 1. The Morgan fingerprint density at radius 2 is 2.22 bits per heavy atom. The van der Waals surface area contributed by atoms with Crippen LogP contribution in [0.2, 0.25) is 0 Å². The van der Waals surface area contributed by atoms with Gasteiger partial charge in [-0.3, -0.25) is 0 Å². The number of rotatable bonds is 5. The van der Waals surface area contributed by atoms with Crippen molar-refractivity contribution in [3.63, 3.8) is 0 Å². The molecule has 1 aromatic carbocycles. The Bertz CT molecular complexity index is 459. The summed E-state index contributed by atoms with van der Waals surface area (Å²) in [6, 6.07) is 3.87. The molecular formula is C12H14FNO4. The molecule has 0 atom stereocenters. The van der Waals surface area contributed by atoms with E-state index >= 15 is 0 Å². The van der Waals surface area contributed by atoms with E-state index in [2.05, 4.69) is 0 Å². The predicted octanol–water partition coefficient (Wildman–Crippen LogP) is 1.32. The number of amides is 1. The molecule has 1 saturated carbocycles. The SMILES string of the molecule is NC(=O)OC1(COc2ccc(F)cc2CO)CC1. The molecule has 3 N–H and O–H groups in total. The first-order valence-electron chi connectivity index (χ1n) is 5.55. The molecule has 0 aromatic heterocycles. The molecule has 1 aromatic rings. The summed E-state index contributed by atoms with van der Waals surface area (Å²) < 4.78 is 23.3. The van der Waals surface area contributed by atoms with Crippen LogP contribution in [-0.2, 0) is 11.3 Å². The van der Waals surface area contributed by atoms with Crippen LogP contribution in [-0.4, -0.2) is 23.4 Å².